The Morgan fingerprint density at radius 3 is 2.23 bits per heavy atom. The molecule has 178 valence electrons. The number of non-ortho nitro benzene ring substituents is 1. The first-order valence-corrected chi connectivity index (χ1v) is 9.98. The lowest BCUT2D eigenvalue weighted by molar-refractivity contribution is -0.384. The smallest absolute Gasteiger partial charge is 0.416 e. The summed E-state index contributed by atoms with van der Waals surface area (Å²) in [6.45, 7) is 0. The van der Waals surface area contributed by atoms with Gasteiger partial charge in [-0.1, -0.05) is 24.3 Å². The number of carbonyl (C=O) groups is 2. The highest BCUT2D eigenvalue weighted by Gasteiger charge is 2.48. The molecule has 0 aromatic heterocycles. The van der Waals surface area contributed by atoms with Gasteiger partial charge in [0.05, 0.1) is 22.1 Å². The van der Waals surface area contributed by atoms with Gasteiger partial charge in [-0.25, -0.2) is 4.39 Å². The molecule has 1 fully saturated rings. The van der Waals surface area contributed by atoms with E-state index in [1.807, 2.05) is 0 Å². The number of alkyl halides is 3. The van der Waals surface area contributed by atoms with Gasteiger partial charge in [0.25, 0.3) is 17.4 Å². The maximum absolute atomic E-state index is 14.8. The van der Waals surface area contributed by atoms with E-state index >= 15 is 0 Å². The maximum atomic E-state index is 14.8. The summed E-state index contributed by atoms with van der Waals surface area (Å²) in [5.74, 6) is -4.17. The quantitative estimate of drug-likeness (QED) is 0.133. The van der Waals surface area contributed by atoms with Crippen molar-refractivity contribution in [2.75, 3.05) is 4.90 Å². The molecule has 1 saturated heterocycles. The zero-order valence-electron chi connectivity index (χ0n) is 17.5. The summed E-state index contributed by atoms with van der Waals surface area (Å²) in [6, 6.07) is 11.4. The number of ketones is 1. The minimum Gasteiger partial charge on any atom is -0.507 e. The topological polar surface area (TPSA) is 101 Å². The second-order valence-electron chi connectivity index (χ2n) is 7.54. The molecule has 3 aromatic rings. The van der Waals surface area contributed by atoms with E-state index in [4.69, 9.17) is 0 Å². The van der Waals surface area contributed by atoms with Gasteiger partial charge in [0.1, 0.15) is 11.6 Å². The number of carbonyl (C=O) groups excluding carboxylic acids is 2. The molecule has 1 atom stereocenters. The van der Waals surface area contributed by atoms with Crippen LogP contribution >= 0.6 is 0 Å². The van der Waals surface area contributed by atoms with Gasteiger partial charge in [-0.2, -0.15) is 13.2 Å². The van der Waals surface area contributed by atoms with Crippen LogP contribution in [0.3, 0.4) is 0 Å². The number of nitro benzene ring substituents is 1. The van der Waals surface area contributed by atoms with Crippen LogP contribution in [0.4, 0.5) is 28.9 Å². The van der Waals surface area contributed by atoms with Crippen molar-refractivity contribution in [2.24, 2.45) is 0 Å². The molecule has 7 nitrogen and oxygen atoms in total. The van der Waals surface area contributed by atoms with Gasteiger partial charge >= 0.3 is 6.18 Å². The molecule has 0 bridgehead atoms. The molecular formula is C24H14F4N2O5. The standard InChI is InChI=1S/C24H14F4N2O5/c25-18-7-2-1-6-17(18)20-19(21(31)13-8-10-15(11-9-13)30(34)35)22(32)23(33)29(20)16-5-3-4-14(12-16)24(26,27)28/h1-12,20,31H/t20-/m0/s1. The summed E-state index contributed by atoms with van der Waals surface area (Å²) < 4.78 is 54.7. The predicted octanol–water partition coefficient (Wildman–Crippen LogP) is 5.38. The number of nitro groups is 1. The van der Waals surface area contributed by atoms with Crippen molar-refractivity contribution < 1.29 is 37.2 Å². The van der Waals surface area contributed by atoms with Crippen LogP contribution in [0.1, 0.15) is 22.7 Å². The number of halogens is 4. The first-order valence-electron chi connectivity index (χ1n) is 9.98. The Balaban J connectivity index is 1.94. The molecule has 4 rings (SSSR count). The fourth-order valence-electron chi connectivity index (χ4n) is 3.82. The molecule has 1 N–H and O–H groups in total. The van der Waals surface area contributed by atoms with Crippen LogP contribution in [0.2, 0.25) is 0 Å². The Hall–Kier alpha value is -4.54. The van der Waals surface area contributed by atoms with Crippen molar-refractivity contribution in [2.45, 2.75) is 12.2 Å². The van der Waals surface area contributed by atoms with Crippen LogP contribution in [0, 0.1) is 15.9 Å². The Morgan fingerprint density at radius 1 is 0.971 bits per heavy atom. The van der Waals surface area contributed by atoms with Crippen molar-refractivity contribution in [3.63, 3.8) is 0 Å². The second kappa shape index (κ2) is 8.67. The Bertz CT molecular complexity index is 1380. The Morgan fingerprint density at radius 2 is 1.63 bits per heavy atom. The summed E-state index contributed by atoms with van der Waals surface area (Å²) in [6.07, 6.45) is -4.75. The molecule has 3 aromatic carbocycles. The third-order valence-corrected chi connectivity index (χ3v) is 5.45. The fourth-order valence-corrected chi connectivity index (χ4v) is 3.82. The van der Waals surface area contributed by atoms with Gasteiger partial charge in [0.2, 0.25) is 0 Å². The zero-order valence-corrected chi connectivity index (χ0v) is 17.5. The van der Waals surface area contributed by atoms with E-state index in [1.54, 1.807) is 0 Å². The number of benzene rings is 3. The van der Waals surface area contributed by atoms with Gasteiger partial charge < -0.3 is 5.11 Å². The molecular weight excluding hydrogens is 472 g/mol. The fraction of sp³-hybridized carbons (Fsp3) is 0.0833. The highest BCUT2D eigenvalue weighted by Crippen LogP contribution is 2.44. The number of nitrogens with zero attached hydrogens (tertiary/aromatic N) is 2. The van der Waals surface area contributed by atoms with Gasteiger partial charge in [0, 0.05) is 28.9 Å². The largest absolute Gasteiger partial charge is 0.507 e. The third-order valence-electron chi connectivity index (χ3n) is 5.45. The predicted molar refractivity (Wildman–Crippen MR) is 116 cm³/mol. The second-order valence-corrected chi connectivity index (χ2v) is 7.54. The van der Waals surface area contributed by atoms with Gasteiger partial charge in [-0.05, 0) is 36.4 Å². The minimum atomic E-state index is -4.75. The molecule has 11 heteroatoms. The minimum absolute atomic E-state index is 0.0843. The van der Waals surface area contributed by atoms with Gasteiger partial charge in [-0.3, -0.25) is 24.6 Å². The molecule has 1 aliphatic heterocycles. The van der Waals surface area contributed by atoms with E-state index in [0.29, 0.717) is 11.0 Å². The number of hydrogen-bond donors (Lipinski definition) is 1. The summed E-state index contributed by atoms with van der Waals surface area (Å²) in [5.41, 5.74) is -2.65. The van der Waals surface area contributed by atoms with Crippen molar-refractivity contribution in [3.8, 4) is 0 Å². The number of anilines is 1. The highest BCUT2D eigenvalue weighted by molar-refractivity contribution is 6.51. The average molecular weight is 486 g/mol. The van der Waals surface area contributed by atoms with E-state index in [0.717, 1.165) is 48.5 Å². The molecule has 0 radical (unpaired) electrons. The van der Waals surface area contributed by atoms with Crippen molar-refractivity contribution in [1.82, 2.24) is 0 Å². The summed E-state index contributed by atoms with van der Waals surface area (Å²) in [7, 11) is 0. The first kappa shape index (κ1) is 23.6. The molecule has 1 amide bonds. The number of amides is 1. The molecule has 0 aliphatic carbocycles. The average Bonchev–Trinajstić information content (AvgIpc) is 3.08. The van der Waals surface area contributed by atoms with E-state index in [2.05, 4.69) is 0 Å². The van der Waals surface area contributed by atoms with Gasteiger partial charge in [-0.15, -0.1) is 0 Å². The highest BCUT2D eigenvalue weighted by atomic mass is 19.4. The number of Topliss-reactive ketones (excluding diaryl/α,β-unsaturated/α-hetero) is 1. The monoisotopic (exact) mass is 486 g/mol. The molecule has 0 saturated carbocycles. The van der Waals surface area contributed by atoms with E-state index < -0.39 is 51.5 Å². The molecule has 1 heterocycles. The first-order chi connectivity index (χ1) is 16.5. The van der Waals surface area contributed by atoms with Crippen molar-refractivity contribution in [3.05, 3.63) is 111 Å². The van der Waals surface area contributed by atoms with Crippen LogP contribution in [0.25, 0.3) is 5.76 Å². The lowest BCUT2D eigenvalue weighted by Crippen LogP contribution is -2.30. The van der Waals surface area contributed by atoms with Crippen LogP contribution < -0.4 is 4.90 Å². The number of rotatable bonds is 4. The zero-order chi connectivity index (χ0) is 25.5. The molecule has 1 aliphatic rings. The SMILES string of the molecule is O=C1C(=O)N(c2cccc(C(F)(F)F)c2)[C@@H](c2ccccc2F)C1=C(O)c1ccc([N+](=O)[O-])cc1. The van der Waals surface area contributed by atoms with Crippen molar-refractivity contribution in [1.29, 1.82) is 0 Å². The summed E-state index contributed by atoms with van der Waals surface area (Å²) >= 11 is 0. The van der Waals surface area contributed by atoms with E-state index in [1.165, 1.54) is 18.2 Å². The lowest BCUT2D eigenvalue weighted by Gasteiger charge is -2.26. The van der Waals surface area contributed by atoms with Crippen LogP contribution in [-0.4, -0.2) is 21.7 Å². The van der Waals surface area contributed by atoms with Crippen LogP contribution in [0.5, 0.6) is 0 Å². The number of aliphatic hydroxyl groups is 1. The molecule has 0 unspecified atom stereocenters. The van der Waals surface area contributed by atoms with E-state index in [9.17, 15) is 42.4 Å². The van der Waals surface area contributed by atoms with Gasteiger partial charge in [0.15, 0.2) is 0 Å². The third kappa shape index (κ3) is 4.23. The van der Waals surface area contributed by atoms with Crippen LogP contribution in [-0.2, 0) is 15.8 Å². The molecule has 0 spiro atoms. The Labute approximate surface area is 194 Å². The molecule has 35 heavy (non-hydrogen) atoms. The number of aliphatic hydroxyl groups excluding tert-OH is 1. The summed E-state index contributed by atoms with van der Waals surface area (Å²) in [4.78, 5) is 36.9. The van der Waals surface area contributed by atoms with E-state index in [-0.39, 0.29) is 22.5 Å². The van der Waals surface area contributed by atoms with Crippen LogP contribution in [0.15, 0.2) is 78.4 Å². The number of hydrogen-bond acceptors (Lipinski definition) is 5. The lowest BCUT2D eigenvalue weighted by atomic mass is 9.94. The Kier molecular flexibility index (Phi) is 5.85. The van der Waals surface area contributed by atoms with Crippen molar-refractivity contribution >= 4 is 28.8 Å². The normalized spacial score (nSPS) is 17.6. The summed E-state index contributed by atoms with van der Waals surface area (Å²) in [5, 5.41) is 21.8. The maximum Gasteiger partial charge on any atom is 0.416 e.